The summed E-state index contributed by atoms with van der Waals surface area (Å²) in [6.07, 6.45) is 1.22. The van der Waals surface area contributed by atoms with Crippen molar-refractivity contribution in [1.82, 2.24) is 9.55 Å². The summed E-state index contributed by atoms with van der Waals surface area (Å²) < 4.78 is 15.7. The van der Waals surface area contributed by atoms with Crippen molar-refractivity contribution in [3.05, 3.63) is 59.9 Å². The number of fused-ring (bicyclic) bond motifs is 1. The predicted molar refractivity (Wildman–Crippen MR) is 97.8 cm³/mol. The van der Waals surface area contributed by atoms with Crippen LogP contribution in [0.2, 0.25) is 0 Å². The molecule has 2 aromatic carbocycles. The van der Waals surface area contributed by atoms with Gasteiger partial charge in [0.2, 0.25) is 5.95 Å². The van der Waals surface area contributed by atoms with E-state index in [1.165, 1.54) is 12.1 Å². The Morgan fingerprint density at radius 2 is 1.92 bits per heavy atom. The van der Waals surface area contributed by atoms with E-state index in [9.17, 15) is 14.3 Å². The van der Waals surface area contributed by atoms with E-state index < -0.39 is 5.97 Å². The molecule has 0 bridgehead atoms. The van der Waals surface area contributed by atoms with Crippen LogP contribution in [0.4, 0.5) is 10.3 Å². The van der Waals surface area contributed by atoms with Gasteiger partial charge in [-0.15, -0.1) is 0 Å². The van der Waals surface area contributed by atoms with E-state index in [1.807, 2.05) is 30.3 Å². The average Bonchev–Trinajstić information content (AvgIpc) is 3.00. The van der Waals surface area contributed by atoms with Gasteiger partial charge in [0.05, 0.1) is 23.5 Å². The lowest BCUT2D eigenvalue weighted by molar-refractivity contribution is -0.142. The van der Waals surface area contributed by atoms with E-state index in [1.54, 1.807) is 6.07 Å². The highest BCUT2D eigenvalue weighted by atomic mass is 19.1. The van der Waals surface area contributed by atoms with Crippen molar-refractivity contribution in [2.75, 3.05) is 18.0 Å². The zero-order valence-electron chi connectivity index (χ0n) is 14.3. The largest absolute Gasteiger partial charge is 0.481 e. The SMILES string of the molecule is O=C(O)C1CCN(c2nc3ccccc3n2Cc2cccc(F)c2)CC1. The first kappa shape index (κ1) is 16.6. The normalized spacial score (nSPS) is 15.5. The number of carboxylic acids is 1. The fourth-order valence-corrected chi connectivity index (χ4v) is 3.60. The summed E-state index contributed by atoms with van der Waals surface area (Å²) in [6, 6.07) is 14.5. The van der Waals surface area contributed by atoms with Gasteiger partial charge in [0.1, 0.15) is 5.82 Å². The van der Waals surface area contributed by atoms with E-state index in [2.05, 4.69) is 9.47 Å². The number of benzene rings is 2. The Morgan fingerprint density at radius 1 is 1.15 bits per heavy atom. The molecule has 0 radical (unpaired) electrons. The van der Waals surface area contributed by atoms with Crippen LogP contribution in [0.1, 0.15) is 18.4 Å². The molecule has 1 fully saturated rings. The summed E-state index contributed by atoms with van der Waals surface area (Å²) in [4.78, 5) is 18.1. The molecule has 1 aromatic heterocycles. The number of rotatable bonds is 4. The van der Waals surface area contributed by atoms with Crippen LogP contribution in [0.3, 0.4) is 0 Å². The number of aromatic nitrogens is 2. The van der Waals surface area contributed by atoms with Crippen LogP contribution < -0.4 is 4.90 Å². The van der Waals surface area contributed by atoms with Gasteiger partial charge < -0.3 is 14.6 Å². The third-order valence-electron chi connectivity index (χ3n) is 4.99. The monoisotopic (exact) mass is 353 g/mol. The Hall–Kier alpha value is -2.89. The van der Waals surface area contributed by atoms with Gasteiger partial charge >= 0.3 is 5.97 Å². The van der Waals surface area contributed by atoms with Crippen LogP contribution in [0.25, 0.3) is 11.0 Å². The Balaban J connectivity index is 1.69. The molecular formula is C20H20FN3O2. The molecule has 1 N–H and O–H groups in total. The first-order valence-corrected chi connectivity index (χ1v) is 8.79. The Kier molecular flexibility index (Phi) is 4.32. The molecule has 0 unspecified atom stereocenters. The molecular weight excluding hydrogens is 333 g/mol. The number of nitrogens with zero attached hydrogens (tertiary/aromatic N) is 3. The second-order valence-electron chi connectivity index (χ2n) is 6.72. The molecule has 0 aliphatic carbocycles. The summed E-state index contributed by atoms with van der Waals surface area (Å²) in [6.45, 7) is 1.83. The van der Waals surface area contributed by atoms with E-state index in [4.69, 9.17) is 4.98 Å². The molecule has 1 saturated heterocycles. The summed E-state index contributed by atoms with van der Waals surface area (Å²) in [5.41, 5.74) is 2.75. The van der Waals surface area contributed by atoms with Crippen molar-refractivity contribution in [2.45, 2.75) is 19.4 Å². The quantitative estimate of drug-likeness (QED) is 0.780. The van der Waals surface area contributed by atoms with Crippen molar-refractivity contribution in [3.8, 4) is 0 Å². The number of hydrogen-bond acceptors (Lipinski definition) is 3. The van der Waals surface area contributed by atoms with Crippen molar-refractivity contribution >= 4 is 23.0 Å². The molecule has 0 atom stereocenters. The number of para-hydroxylation sites is 2. The molecule has 3 aromatic rings. The Bertz CT molecular complexity index is 945. The van der Waals surface area contributed by atoms with Crippen LogP contribution >= 0.6 is 0 Å². The maximum atomic E-state index is 13.6. The lowest BCUT2D eigenvalue weighted by Gasteiger charge is -2.31. The number of halogens is 1. The molecule has 4 rings (SSSR count). The van der Waals surface area contributed by atoms with Gasteiger partial charge in [0.15, 0.2) is 0 Å². The molecule has 1 aliphatic rings. The molecule has 6 heteroatoms. The van der Waals surface area contributed by atoms with Crippen LogP contribution in [-0.2, 0) is 11.3 Å². The smallest absolute Gasteiger partial charge is 0.306 e. The summed E-state index contributed by atoms with van der Waals surface area (Å²) in [5, 5.41) is 9.21. The number of carbonyl (C=O) groups is 1. The fraction of sp³-hybridized carbons (Fsp3) is 0.300. The van der Waals surface area contributed by atoms with Crippen LogP contribution in [0.5, 0.6) is 0 Å². The average molecular weight is 353 g/mol. The van der Waals surface area contributed by atoms with Crippen LogP contribution in [0, 0.1) is 11.7 Å². The van der Waals surface area contributed by atoms with Crippen molar-refractivity contribution in [2.24, 2.45) is 5.92 Å². The van der Waals surface area contributed by atoms with Gasteiger partial charge in [-0.05, 0) is 42.7 Å². The van der Waals surface area contributed by atoms with Gasteiger partial charge in [0, 0.05) is 13.1 Å². The van der Waals surface area contributed by atoms with E-state index >= 15 is 0 Å². The molecule has 134 valence electrons. The van der Waals surface area contributed by atoms with E-state index in [-0.39, 0.29) is 11.7 Å². The molecule has 0 saturated carbocycles. The van der Waals surface area contributed by atoms with Gasteiger partial charge in [-0.2, -0.15) is 0 Å². The highest BCUT2D eigenvalue weighted by molar-refractivity contribution is 5.79. The lowest BCUT2D eigenvalue weighted by Crippen LogP contribution is -2.37. The zero-order chi connectivity index (χ0) is 18.1. The highest BCUT2D eigenvalue weighted by Crippen LogP contribution is 2.28. The number of piperidine rings is 1. The fourth-order valence-electron chi connectivity index (χ4n) is 3.60. The minimum atomic E-state index is -0.724. The summed E-state index contributed by atoms with van der Waals surface area (Å²) in [7, 11) is 0. The minimum absolute atomic E-state index is 0.254. The van der Waals surface area contributed by atoms with Gasteiger partial charge in [-0.3, -0.25) is 4.79 Å². The third kappa shape index (κ3) is 3.14. The van der Waals surface area contributed by atoms with Gasteiger partial charge in [0.25, 0.3) is 0 Å². The van der Waals surface area contributed by atoms with Gasteiger partial charge in [-0.25, -0.2) is 9.37 Å². The second kappa shape index (κ2) is 6.78. The minimum Gasteiger partial charge on any atom is -0.481 e. The number of hydrogen-bond donors (Lipinski definition) is 1. The third-order valence-corrected chi connectivity index (χ3v) is 4.99. The van der Waals surface area contributed by atoms with E-state index in [0.717, 1.165) is 22.5 Å². The Morgan fingerprint density at radius 3 is 2.65 bits per heavy atom. The highest BCUT2D eigenvalue weighted by Gasteiger charge is 2.27. The van der Waals surface area contributed by atoms with Crippen molar-refractivity contribution in [3.63, 3.8) is 0 Å². The molecule has 5 nitrogen and oxygen atoms in total. The first-order chi connectivity index (χ1) is 12.6. The molecule has 2 heterocycles. The number of carboxylic acid groups (broad SMARTS) is 1. The standard InChI is InChI=1S/C20H20FN3O2/c21-16-5-3-4-14(12-16)13-24-18-7-2-1-6-17(18)22-20(24)23-10-8-15(9-11-23)19(25)26/h1-7,12,15H,8-11,13H2,(H,25,26). The number of anilines is 1. The number of aliphatic carboxylic acids is 1. The molecule has 1 aliphatic heterocycles. The zero-order valence-corrected chi connectivity index (χ0v) is 14.3. The van der Waals surface area contributed by atoms with Crippen LogP contribution in [0.15, 0.2) is 48.5 Å². The van der Waals surface area contributed by atoms with Crippen LogP contribution in [-0.4, -0.2) is 33.7 Å². The van der Waals surface area contributed by atoms with Crippen molar-refractivity contribution < 1.29 is 14.3 Å². The first-order valence-electron chi connectivity index (χ1n) is 8.79. The van der Waals surface area contributed by atoms with E-state index in [0.29, 0.717) is 32.5 Å². The second-order valence-corrected chi connectivity index (χ2v) is 6.72. The Labute approximate surface area is 150 Å². The topological polar surface area (TPSA) is 58.4 Å². The lowest BCUT2D eigenvalue weighted by atomic mass is 9.97. The number of imidazole rings is 1. The molecule has 0 amide bonds. The van der Waals surface area contributed by atoms with Crippen molar-refractivity contribution in [1.29, 1.82) is 0 Å². The predicted octanol–water partition coefficient (Wildman–Crippen LogP) is 3.52. The molecule has 0 spiro atoms. The van der Waals surface area contributed by atoms with Gasteiger partial charge in [-0.1, -0.05) is 24.3 Å². The summed E-state index contributed by atoms with van der Waals surface area (Å²) >= 11 is 0. The molecule has 26 heavy (non-hydrogen) atoms. The summed E-state index contributed by atoms with van der Waals surface area (Å²) in [5.74, 6) is -0.444. The maximum absolute atomic E-state index is 13.6. The maximum Gasteiger partial charge on any atom is 0.306 e.